The maximum atomic E-state index is 11.6. The van der Waals surface area contributed by atoms with Gasteiger partial charge in [-0.25, -0.2) is 4.98 Å². The SMILES string of the molecule is CC(C)NC(=O)C(C)Nc1cc(Cl)nc(N)n1. The molecule has 0 fully saturated rings. The third-order valence-electron chi connectivity index (χ3n) is 1.90. The molecular formula is C10H16ClN5O. The highest BCUT2D eigenvalue weighted by molar-refractivity contribution is 6.29. The Hall–Kier alpha value is -1.56. The van der Waals surface area contributed by atoms with Crippen LogP contribution in [0.5, 0.6) is 0 Å². The van der Waals surface area contributed by atoms with Gasteiger partial charge in [-0.3, -0.25) is 4.79 Å². The summed E-state index contributed by atoms with van der Waals surface area (Å²) in [4.78, 5) is 19.3. The topological polar surface area (TPSA) is 92.9 Å². The average Bonchev–Trinajstić information content (AvgIpc) is 2.14. The molecule has 1 atom stereocenters. The first-order valence-electron chi connectivity index (χ1n) is 5.25. The molecule has 4 N–H and O–H groups in total. The van der Waals surface area contributed by atoms with Gasteiger partial charge < -0.3 is 16.4 Å². The van der Waals surface area contributed by atoms with Gasteiger partial charge in [0.1, 0.15) is 17.0 Å². The first-order chi connectivity index (χ1) is 7.88. The maximum absolute atomic E-state index is 11.6. The van der Waals surface area contributed by atoms with E-state index in [9.17, 15) is 4.79 Å². The van der Waals surface area contributed by atoms with Crippen molar-refractivity contribution in [3.8, 4) is 0 Å². The highest BCUT2D eigenvalue weighted by Crippen LogP contribution is 2.13. The third-order valence-corrected chi connectivity index (χ3v) is 2.09. The van der Waals surface area contributed by atoms with Gasteiger partial charge in [0, 0.05) is 12.1 Å². The summed E-state index contributed by atoms with van der Waals surface area (Å²) in [5.74, 6) is 0.374. The van der Waals surface area contributed by atoms with Crippen LogP contribution >= 0.6 is 11.6 Å². The number of nitrogen functional groups attached to an aromatic ring is 1. The zero-order chi connectivity index (χ0) is 13.0. The molecule has 0 bridgehead atoms. The van der Waals surface area contributed by atoms with Gasteiger partial charge >= 0.3 is 0 Å². The highest BCUT2D eigenvalue weighted by Gasteiger charge is 2.14. The molecule has 0 spiro atoms. The van der Waals surface area contributed by atoms with Crippen LogP contribution in [-0.4, -0.2) is 28.0 Å². The quantitative estimate of drug-likeness (QED) is 0.701. The fourth-order valence-electron chi connectivity index (χ4n) is 1.21. The predicted octanol–water partition coefficient (Wildman–Crippen LogP) is 1.04. The van der Waals surface area contributed by atoms with E-state index >= 15 is 0 Å². The summed E-state index contributed by atoms with van der Waals surface area (Å²) >= 11 is 5.73. The van der Waals surface area contributed by atoms with Crippen molar-refractivity contribution >= 4 is 29.3 Å². The van der Waals surface area contributed by atoms with Crippen molar-refractivity contribution in [2.75, 3.05) is 11.1 Å². The standard InChI is InChI=1S/C10H16ClN5O/c1-5(2)13-9(17)6(3)14-8-4-7(11)15-10(12)16-8/h4-6H,1-3H3,(H,13,17)(H3,12,14,15,16). The van der Waals surface area contributed by atoms with Gasteiger partial charge in [0.05, 0.1) is 0 Å². The van der Waals surface area contributed by atoms with Crippen molar-refractivity contribution < 1.29 is 4.79 Å². The predicted molar refractivity (Wildman–Crippen MR) is 67.8 cm³/mol. The van der Waals surface area contributed by atoms with Gasteiger partial charge in [0.15, 0.2) is 0 Å². The first-order valence-corrected chi connectivity index (χ1v) is 5.63. The Bertz CT molecular complexity index is 389. The van der Waals surface area contributed by atoms with E-state index in [1.54, 1.807) is 6.92 Å². The van der Waals surface area contributed by atoms with Gasteiger partial charge in [-0.2, -0.15) is 4.98 Å². The summed E-state index contributed by atoms with van der Waals surface area (Å²) in [6, 6.07) is 1.17. The van der Waals surface area contributed by atoms with Crippen molar-refractivity contribution in [3.05, 3.63) is 11.2 Å². The second-order valence-corrected chi connectivity index (χ2v) is 4.35. The van der Waals surface area contributed by atoms with Crippen LogP contribution in [0.4, 0.5) is 11.8 Å². The molecule has 7 heteroatoms. The highest BCUT2D eigenvalue weighted by atomic mass is 35.5. The van der Waals surface area contributed by atoms with Gasteiger partial charge in [-0.05, 0) is 20.8 Å². The number of aromatic nitrogens is 2. The Morgan fingerprint density at radius 2 is 2.06 bits per heavy atom. The molecule has 1 aromatic rings. The molecule has 0 aliphatic heterocycles. The van der Waals surface area contributed by atoms with E-state index in [0.717, 1.165) is 0 Å². The number of nitrogens with one attached hydrogen (secondary N) is 2. The van der Waals surface area contributed by atoms with Crippen LogP contribution in [0.2, 0.25) is 5.15 Å². The van der Waals surface area contributed by atoms with Crippen LogP contribution in [0.25, 0.3) is 0 Å². The van der Waals surface area contributed by atoms with Crippen molar-refractivity contribution in [2.45, 2.75) is 32.9 Å². The number of halogens is 1. The lowest BCUT2D eigenvalue weighted by Gasteiger charge is -2.16. The number of anilines is 2. The minimum absolute atomic E-state index is 0.0662. The van der Waals surface area contributed by atoms with E-state index in [-0.39, 0.29) is 23.1 Å². The largest absolute Gasteiger partial charge is 0.368 e. The molecule has 6 nitrogen and oxygen atoms in total. The van der Waals surface area contributed by atoms with E-state index in [1.807, 2.05) is 13.8 Å². The van der Waals surface area contributed by atoms with Crippen molar-refractivity contribution in [3.63, 3.8) is 0 Å². The van der Waals surface area contributed by atoms with Gasteiger partial charge in [0.2, 0.25) is 11.9 Å². The minimum atomic E-state index is -0.428. The van der Waals surface area contributed by atoms with Crippen LogP contribution in [0.15, 0.2) is 6.07 Å². The van der Waals surface area contributed by atoms with E-state index in [0.29, 0.717) is 5.82 Å². The van der Waals surface area contributed by atoms with Crippen LogP contribution < -0.4 is 16.4 Å². The molecular weight excluding hydrogens is 242 g/mol. The summed E-state index contributed by atoms with van der Waals surface area (Å²) < 4.78 is 0. The number of hydrogen-bond donors (Lipinski definition) is 3. The van der Waals surface area contributed by atoms with Gasteiger partial charge in [-0.1, -0.05) is 11.6 Å². The fourth-order valence-corrected chi connectivity index (χ4v) is 1.40. The van der Waals surface area contributed by atoms with Crippen molar-refractivity contribution in [1.82, 2.24) is 15.3 Å². The molecule has 94 valence electrons. The number of carbonyl (C=O) groups excluding carboxylic acids is 1. The van der Waals surface area contributed by atoms with E-state index in [1.165, 1.54) is 6.07 Å². The Morgan fingerprint density at radius 3 is 2.59 bits per heavy atom. The number of carbonyl (C=O) groups is 1. The molecule has 0 saturated heterocycles. The lowest BCUT2D eigenvalue weighted by atomic mass is 10.3. The summed E-state index contributed by atoms with van der Waals surface area (Å²) in [6.45, 7) is 5.51. The van der Waals surface area contributed by atoms with Crippen LogP contribution in [0.3, 0.4) is 0 Å². The van der Waals surface area contributed by atoms with Gasteiger partial charge in [-0.15, -0.1) is 0 Å². The van der Waals surface area contributed by atoms with Gasteiger partial charge in [0.25, 0.3) is 0 Å². The van der Waals surface area contributed by atoms with Crippen LogP contribution in [0, 0.1) is 0 Å². The Labute approximate surface area is 105 Å². The zero-order valence-electron chi connectivity index (χ0n) is 9.99. The molecule has 0 aliphatic rings. The average molecular weight is 258 g/mol. The molecule has 0 saturated carbocycles. The molecule has 17 heavy (non-hydrogen) atoms. The molecule has 1 aromatic heterocycles. The number of amides is 1. The summed E-state index contributed by atoms with van der Waals surface area (Å²) in [7, 11) is 0. The molecule has 0 aliphatic carbocycles. The third kappa shape index (κ3) is 4.44. The van der Waals surface area contributed by atoms with Crippen LogP contribution in [0.1, 0.15) is 20.8 Å². The lowest BCUT2D eigenvalue weighted by molar-refractivity contribution is -0.122. The fraction of sp³-hybridized carbons (Fsp3) is 0.500. The smallest absolute Gasteiger partial charge is 0.242 e. The molecule has 1 rings (SSSR count). The Kier molecular flexibility index (Phi) is 4.51. The van der Waals surface area contributed by atoms with E-state index in [4.69, 9.17) is 17.3 Å². The first kappa shape index (κ1) is 13.5. The summed E-state index contributed by atoms with van der Waals surface area (Å²) in [5.41, 5.74) is 5.44. The maximum Gasteiger partial charge on any atom is 0.242 e. The lowest BCUT2D eigenvalue weighted by Crippen LogP contribution is -2.41. The van der Waals surface area contributed by atoms with Crippen LogP contribution in [-0.2, 0) is 4.79 Å². The monoisotopic (exact) mass is 257 g/mol. The summed E-state index contributed by atoms with van der Waals surface area (Å²) in [5, 5.41) is 5.92. The normalized spacial score (nSPS) is 12.3. The number of nitrogens with zero attached hydrogens (tertiary/aromatic N) is 2. The molecule has 1 heterocycles. The zero-order valence-corrected chi connectivity index (χ0v) is 10.7. The Balaban J connectivity index is 2.67. The van der Waals surface area contributed by atoms with Crippen molar-refractivity contribution in [2.24, 2.45) is 0 Å². The second-order valence-electron chi connectivity index (χ2n) is 3.96. The summed E-state index contributed by atoms with van der Waals surface area (Å²) in [6.07, 6.45) is 0. The van der Waals surface area contributed by atoms with E-state index < -0.39 is 6.04 Å². The molecule has 0 radical (unpaired) electrons. The number of hydrogen-bond acceptors (Lipinski definition) is 5. The molecule has 1 amide bonds. The Morgan fingerprint density at radius 1 is 1.41 bits per heavy atom. The number of nitrogens with two attached hydrogens (primary N) is 1. The minimum Gasteiger partial charge on any atom is -0.368 e. The van der Waals surface area contributed by atoms with E-state index in [2.05, 4.69) is 20.6 Å². The number of rotatable bonds is 4. The molecule has 0 aromatic carbocycles. The molecule has 1 unspecified atom stereocenters. The van der Waals surface area contributed by atoms with Crippen molar-refractivity contribution in [1.29, 1.82) is 0 Å². The second kappa shape index (κ2) is 5.67.